The molecule has 1 aliphatic rings. The quantitative estimate of drug-likeness (QED) is 0.926. The largest absolute Gasteiger partial charge is 0.378 e. The number of hydrogen-bond acceptors (Lipinski definition) is 6. The highest BCUT2D eigenvalue weighted by Gasteiger charge is 2.17. The van der Waals surface area contributed by atoms with Crippen molar-refractivity contribution < 1.29 is 9.53 Å². The lowest BCUT2D eigenvalue weighted by atomic mass is 10.2. The third kappa shape index (κ3) is 3.68. The van der Waals surface area contributed by atoms with Crippen molar-refractivity contribution in [2.24, 2.45) is 0 Å². The molecule has 7 heteroatoms. The average Bonchev–Trinajstić information content (AvgIpc) is 2.92. The third-order valence-electron chi connectivity index (χ3n) is 3.73. The highest BCUT2D eigenvalue weighted by atomic mass is 32.1. The summed E-state index contributed by atoms with van der Waals surface area (Å²) in [6, 6.07) is 3.90. The minimum Gasteiger partial charge on any atom is -0.378 e. The fraction of sp³-hybridized carbons (Fsp3) is 0.438. The van der Waals surface area contributed by atoms with E-state index in [1.807, 2.05) is 26.0 Å². The summed E-state index contributed by atoms with van der Waals surface area (Å²) >= 11 is 1.42. The third-order valence-corrected chi connectivity index (χ3v) is 4.80. The maximum atomic E-state index is 12.3. The molecule has 0 radical (unpaired) electrons. The molecule has 0 unspecified atom stereocenters. The molecule has 0 aliphatic carbocycles. The summed E-state index contributed by atoms with van der Waals surface area (Å²) in [6.07, 6.45) is 1.78. The number of carbonyl (C=O) groups excluding carboxylic acids is 1. The van der Waals surface area contributed by atoms with Gasteiger partial charge in [0.15, 0.2) is 0 Å². The average molecular weight is 332 g/mol. The molecule has 1 saturated heterocycles. The smallest absolute Gasteiger partial charge is 0.263 e. The van der Waals surface area contributed by atoms with E-state index in [9.17, 15) is 4.79 Å². The number of pyridine rings is 1. The molecular formula is C16H20N4O2S. The minimum atomic E-state index is -0.0788. The van der Waals surface area contributed by atoms with Crippen LogP contribution in [-0.2, 0) is 11.3 Å². The molecule has 2 aromatic heterocycles. The second kappa shape index (κ2) is 7.06. The maximum absolute atomic E-state index is 12.3. The van der Waals surface area contributed by atoms with Gasteiger partial charge in [-0.1, -0.05) is 6.07 Å². The molecular weight excluding hydrogens is 312 g/mol. The lowest BCUT2D eigenvalue weighted by molar-refractivity contribution is 0.0954. The summed E-state index contributed by atoms with van der Waals surface area (Å²) in [6.45, 7) is 7.29. The van der Waals surface area contributed by atoms with Crippen LogP contribution in [0.5, 0.6) is 0 Å². The van der Waals surface area contributed by atoms with Crippen LogP contribution >= 0.6 is 11.3 Å². The standard InChI is InChI=1S/C16H20N4O2S/c1-11-14(23-12(2)19-11)16(21)18-10-13-4-3-5-17-15(13)20-6-8-22-9-7-20/h3-5H,6-10H2,1-2H3,(H,18,21). The van der Waals surface area contributed by atoms with E-state index < -0.39 is 0 Å². The Morgan fingerprint density at radius 2 is 2.17 bits per heavy atom. The maximum Gasteiger partial charge on any atom is 0.263 e. The first kappa shape index (κ1) is 15.9. The van der Waals surface area contributed by atoms with Crippen LogP contribution in [-0.4, -0.2) is 42.2 Å². The number of rotatable bonds is 4. The summed E-state index contributed by atoms with van der Waals surface area (Å²) in [4.78, 5) is 24.0. The summed E-state index contributed by atoms with van der Waals surface area (Å²) in [5.41, 5.74) is 1.80. The Labute approximate surface area is 139 Å². The molecule has 0 spiro atoms. The van der Waals surface area contributed by atoms with Gasteiger partial charge in [0.1, 0.15) is 10.7 Å². The summed E-state index contributed by atoms with van der Waals surface area (Å²) < 4.78 is 5.39. The number of aryl methyl sites for hydroxylation is 2. The van der Waals surface area contributed by atoms with Gasteiger partial charge < -0.3 is 15.0 Å². The first-order valence-electron chi connectivity index (χ1n) is 7.64. The topological polar surface area (TPSA) is 67.4 Å². The van der Waals surface area contributed by atoms with Crippen LogP contribution in [0.4, 0.5) is 5.82 Å². The Hall–Kier alpha value is -1.99. The van der Waals surface area contributed by atoms with Crippen LogP contribution < -0.4 is 10.2 Å². The van der Waals surface area contributed by atoms with Gasteiger partial charge in [0.05, 0.1) is 23.9 Å². The molecule has 1 aliphatic heterocycles. The Balaban J connectivity index is 1.70. The van der Waals surface area contributed by atoms with E-state index in [-0.39, 0.29) is 5.91 Å². The molecule has 0 saturated carbocycles. The van der Waals surface area contributed by atoms with Gasteiger partial charge in [-0.25, -0.2) is 9.97 Å². The lowest BCUT2D eigenvalue weighted by Crippen LogP contribution is -2.37. The molecule has 0 bridgehead atoms. The molecule has 3 heterocycles. The van der Waals surface area contributed by atoms with Crippen molar-refractivity contribution in [1.29, 1.82) is 0 Å². The Morgan fingerprint density at radius 1 is 1.39 bits per heavy atom. The number of hydrogen-bond donors (Lipinski definition) is 1. The van der Waals surface area contributed by atoms with Crippen molar-refractivity contribution in [3.8, 4) is 0 Å². The lowest BCUT2D eigenvalue weighted by Gasteiger charge is -2.29. The van der Waals surface area contributed by atoms with Gasteiger partial charge in [-0.2, -0.15) is 0 Å². The number of morpholine rings is 1. The van der Waals surface area contributed by atoms with Crippen molar-refractivity contribution in [1.82, 2.24) is 15.3 Å². The van der Waals surface area contributed by atoms with Crippen LogP contribution in [0.3, 0.4) is 0 Å². The molecule has 3 rings (SSSR count). The van der Waals surface area contributed by atoms with Crippen molar-refractivity contribution >= 4 is 23.1 Å². The van der Waals surface area contributed by atoms with Gasteiger partial charge in [0, 0.05) is 31.4 Å². The normalized spacial score (nSPS) is 14.8. The highest BCUT2D eigenvalue weighted by molar-refractivity contribution is 7.13. The van der Waals surface area contributed by atoms with Gasteiger partial charge in [0.2, 0.25) is 0 Å². The van der Waals surface area contributed by atoms with Crippen molar-refractivity contribution in [3.05, 3.63) is 39.5 Å². The predicted octanol–water partition coefficient (Wildman–Crippen LogP) is 1.92. The number of nitrogens with one attached hydrogen (secondary N) is 1. The molecule has 6 nitrogen and oxygen atoms in total. The van der Waals surface area contributed by atoms with Crippen LogP contribution in [0.2, 0.25) is 0 Å². The predicted molar refractivity (Wildman–Crippen MR) is 90.0 cm³/mol. The molecule has 1 N–H and O–H groups in total. The monoisotopic (exact) mass is 332 g/mol. The van der Waals surface area contributed by atoms with Crippen molar-refractivity contribution in [2.45, 2.75) is 20.4 Å². The fourth-order valence-electron chi connectivity index (χ4n) is 2.63. The Morgan fingerprint density at radius 3 is 2.87 bits per heavy atom. The molecule has 1 amide bonds. The van der Waals surface area contributed by atoms with E-state index in [1.165, 1.54) is 11.3 Å². The number of aromatic nitrogens is 2. The molecule has 1 fully saturated rings. The number of nitrogens with zero attached hydrogens (tertiary/aromatic N) is 3. The van der Waals surface area contributed by atoms with E-state index in [4.69, 9.17) is 4.74 Å². The van der Waals surface area contributed by atoms with E-state index in [1.54, 1.807) is 6.20 Å². The SMILES string of the molecule is Cc1nc(C)c(C(=O)NCc2cccnc2N2CCOCC2)s1. The summed E-state index contributed by atoms with van der Waals surface area (Å²) in [5, 5.41) is 3.89. The van der Waals surface area contributed by atoms with Gasteiger partial charge in [0.25, 0.3) is 5.91 Å². The van der Waals surface area contributed by atoms with E-state index >= 15 is 0 Å². The number of thiazole rings is 1. The van der Waals surface area contributed by atoms with Crippen LogP contribution in [0, 0.1) is 13.8 Å². The van der Waals surface area contributed by atoms with Crippen LogP contribution in [0.1, 0.15) is 25.9 Å². The molecule has 0 atom stereocenters. The first-order chi connectivity index (χ1) is 11.1. The zero-order valence-corrected chi connectivity index (χ0v) is 14.2. The van der Waals surface area contributed by atoms with Gasteiger partial charge in [-0.15, -0.1) is 11.3 Å². The molecule has 23 heavy (non-hydrogen) atoms. The fourth-order valence-corrected chi connectivity index (χ4v) is 3.46. The molecule has 122 valence electrons. The van der Waals surface area contributed by atoms with Crippen LogP contribution in [0.15, 0.2) is 18.3 Å². The van der Waals surface area contributed by atoms with E-state index in [0.717, 1.165) is 35.2 Å². The van der Waals surface area contributed by atoms with Gasteiger partial charge in [-0.05, 0) is 19.9 Å². The van der Waals surface area contributed by atoms with E-state index in [2.05, 4.69) is 20.2 Å². The molecule has 0 aromatic carbocycles. The summed E-state index contributed by atoms with van der Waals surface area (Å²) in [7, 11) is 0. The Kier molecular flexibility index (Phi) is 4.88. The zero-order valence-electron chi connectivity index (χ0n) is 13.3. The van der Waals surface area contributed by atoms with Crippen molar-refractivity contribution in [2.75, 3.05) is 31.2 Å². The second-order valence-corrected chi connectivity index (χ2v) is 6.62. The zero-order chi connectivity index (χ0) is 16.2. The van der Waals surface area contributed by atoms with Gasteiger partial charge >= 0.3 is 0 Å². The number of ether oxygens (including phenoxy) is 1. The second-order valence-electron chi connectivity index (χ2n) is 5.42. The minimum absolute atomic E-state index is 0.0788. The van der Waals surface area contributed by atoms with E-state index in [0.29, 0.717) is 24.6 Å². The highest BCUT2D eigenvalue weighted by Crippen LogP contribution is 2.20. The summed E-state index contributed by atoms with van der Waals surface area (Å²) in [5.74, 6) is 0.846. The molecule has 2 aromatic rings. The van der Waals surface area contributed by atoms with Crippen LogP contribution in [0.25, 0.3) is 0 Å². The number of anilines is 1. The number of amides is 1. The Bertz CT molecular complexity index is 695. The van der Waals surface area contributed by atoms with Crippen molar-refractivity contribution in [3.63, 3.8) is 0 Å². The first-order valence-corrected chi connectivity index (χ1v) is 8.45. The number of carbonyl (C=O) groups is 1. The van der Waals surface area contributed by atoms with Gasteiger partial charge in [-0.3, -0.25) is 4.79 Å².